The summed E-state index contributed by atoms with van der Waals surface area (Å²) in [5, 5.41) is 16.0. The maximum absolute atomic E-state index is 12.4. The first-order valence-electron chi connectivity index (χ1n) is 5.06. The van der Waals surface area contributed by atoms with E-state index in [-0.39, 0.29) is 17.4 Å². The van der Waals surface area contributed by atoms with Crippen LogP contribution in [-0.4, -0.2) is 29.0 Å². The summed E-state index contributed by atoms with van der Waals surface area (Å²) in [5.41, 5.74) is 0.121. The minimum atomic E-state index is -4.31. The Morgan fingerprint density at radius 2 is 2.18 bits per heavy atom. The van der Waals surface area contributed by atoms with Crippen LogP contribution in [0.15, 0.2) is 12.3 Å². The Morgan fingerprint density at radius 3 is 2.71 bits per heavy atom. The number of aromatic nitrogens is 2. The van der Waals surface area contributed by atoms with E-state index in [2.05, 4.69) is 10.2 Å². The molecular weight excluding hydrogens is 233 g/mol. The molecule has 1 heterocycles. The molecule has 0 unspecified atom stereocenters. The summed E-state index contributed by atoms with van der Waals surface area (Å²) in [4.78, 5) is 1.12. The van der Waals surface area contributed by atoms with Crippen LogP contribution in [0.25, 0.3) is 0 Å². The van der Waals surface area contributed by atoms with Crippen molar-refractivity contribution in [2.45, 2.75) is 25.1 Å². The highest BCUT2D eigenvalue weighted by molar-refractivity contribution is 5.54. The zero-order valence-electron chi connectivity index (χ0n) is 8.78. The average molecular weight is 242 g/mol. The standard InChI is InChI=1S/C10H9F3N4/c11-10(12,13)6-17(8-1-2-8)9-7(5-14)3-4-15-16-9/h3-4,8H,1-2,6H2. The third-order valence-corrected chi connectivity index (χ3v) is 2.43. The first-order valence-corrected chi connectivity index (χ1v) is 5.06. The summed E-state index contributed by atoms with van der Waals surface area (Å²) >= 11 is 0. The molecule has 1 aliphatic carbocycles. The largest absolute Gasteiger partial charge is 0.405 e. The van der Waals surface area contributed by atoms with Gasteiger partial charge in [0.05, 0.1) is 11.8 Å². The molecule has 1 fully saturated rings. The Bertz CT molecular complexity index is 448. The van der Waals surface area contributed by atoms with E-state index in [0.29, 0.717) is 12.8 Å². The Morgan fingerprint density at radius 1 is 1.47 bits per heavy atom. The first-order chi connectivity index (χ1) is 8.01. The van der Waals surface area contributed by atoms with Crippen molar-refractivity contribution in [3.05, 3.63) is 17.8 Å². The van der Waals surface area contributed by atoms with Gasteiger partial charge in [0.15, 0.2) is 5.82 Å². The van der Waals surface area contributed by atoms with E-state index in [1.165, 1.54) is 12.3 Å². The van der Waals surface area contributed by atoms with Gasteiger partial charge < -0.3 is 4.90 Å². The lowest BCUT2D eigenvalue weighted by molar-refractivity contribution is -0.120. The number of hydrogen-bond donors (Lipinski definition) is 0. The van der Waals surface area contributed by atoms with Crippen LogP contribution < -0.4 is 4.90 Å². The van der Waals surface area contributed by atoms with Crippen molar-refractivity contribution in [2.24, 2.45) is 0 Å². The lowest BCUT2D eigenvalue weighted by atomic mass is 10.3. The van der Waals surface area contributed by atoms with Crippen molar-refractivity contribution in [3.63, 3.8) is 0 Å². The van der Waals surface area contributed by atoms with Gasteiger partial charge in [-0.25, -0.2) is 0 Å². The Labute approximate surface area is 95.7 Å². The summed E-state index contributed by atoms with van der Waals surface area (Å²) in [6.07, 6.45) is -1.64. The van der Waals surface area contributed by atoms with E-state index in [4.69, 9.17) is 5.26 Å². The first kappa shape index (κ1) is 11.6. The topological polar surface area (TPSA) is 52.8 Å². The molecule has 4 nitrogen and oxygen atoms in total. The monoisotopic (exact) mass is 242 g/mol. The molecule has 0 saturated heterocycles. The third kappa shape index (κ3) is 2.84. The molecule has 1 aromatic rings. The fourth-order valence-electron chi connectivity index (χ4n) is 1.58. The predicted octanol–water partition coefficient (Wildman–Crippen LogP) is 1.88. The van der Waals surface area contributed by atoms with E-state index < -0.39 is 12.7 Å². The molecule has 1 saturated carbocycles. The molecule has 0 atom stereocenters. The molecular formula is C10H9F3N4. The van der Waals surface area contributed by atoms with Gasteiger partial charge in [-0.15, -0.1) is 5.10 Å². The fraction of sp³-hybridized carbons (Fsp3) is 0.500. The molecule has 90 valence electrons. The van der Waals surface area contributed by atoms with Crippen LogP contribution in [0.3, 0.4) is 0 Å². The van der Waals surface area contributed by atoms with Gasteiger partial charge in [-0.1, -0.05) is 0 Å². The van der Waals surface area contributed by atoms with Gasteiger partial charge in [0.25, 0.3) is 0 Å². The van der Waals surface area contributed by atoms with E-state index in [0.717, 1.165) is 4.90 Å². The molecule has 0 N–H and O–H groups in total. The zero-order chi connectivity index (χ0) is 12.5. The van der Waals surface area contributed by atoms with Crippen LogP contribution in [0.5, 0.6) is 0 Å². The molecule has 1 aromatic heterocycles. The third-order valence-electron chi connectivity index (χ3n) is 2.43. The van der Waals surface area contributed by atoms with Gasteiger partial charge >= 0.3 is 6.18 Å². The Kier molecular flexibility index (Phi) is 2.88. The van der Waals surface area contributed by atoms with Gasteiger partial charge in [0.2, 0.25) is 0 Å². The maximum atomic E-state index is 12.4. The lowest BCUT2D eigenvalue weighted by Gasteiger charge is -2.24. The number of alkyl halides is 3. The molecule has 0 aromatic carbocycles. The van der Waals surface area contributed by atoms with Crippen LogP contribution in [-0.2, 0) is 0 Å². The number of rotatable bonds is 3. The SMILES string of the molecule is N#Cc1ccnnc1N(CC(F)(F)F)C1CC1. The van der Waals surface area contributed by atoms with E-state index in [1.807, 2.05) is 6.07 Å². The van der Waals surface area contributed by atoms with Crippen molar-refractivity contribution in [3.8, 4) is 6.07 Å². The molecule has 0 bridgehead atoms. The van der Waals surface area contributed by atoms with Crippen molar-refractivity contribution >= 4 is 5.82 Å². The number of nitrogens with zero attached hydrogens (tertiary/aromatic N) is 4. The highest BCUT2D eigenvalue weighted by atomic mass is 19.4. The van der Waals surface area contributed by atoms with Gasteiger partial charge in [0.1, 0.15) is 12.6 Å². The summed E-state index contributed by atoms with van der Waals surface area (Å²) in [6, 6.07) is 3.02. The molecule has 0 radical (unpaired) electrons. The average Bonchev–Trinajstić information content (AvgIpc) is 3.08. The van der Waals surface area contributed by atoms with E-state index in [9.17, 15) is 13.2 Å². The second-order valence-electron chi connectivity index (χ2n) is 3.85. The number of halogens is 3. The van der Waals surface area contributed by atoms with Gasteiger partial charge in [-0.2, -0.15) is 23.5 Å². The smallest absolute Gasteiger partial charge is 0.342 e. The van der Waals surface area contributed by atoms with Crippen LogP contribution in [0.2, 0.25) is 0 Å². The highest BCUT2D eigenvalue weighted by Crippen LogP contribution is 2.34. The Hall–Kier alpha value is -1.84. The van der Waals surface area contributed by atoms with Gasteiger partial charge in [-0.05, 0) is 18.9 Å². The second kappa shape index (κ2) is 4.20. The van der Waals surface area contributed by atoms with Crippen LogP contribution in [0.1, 0.15) is 18.4 Å². The maximum Gasteiger partial charge on any atom is 0.405 e. The highest BCUT2D eigenvalue weighted by Gasteiger charge is 2.39. The minimum Gasteiger partial charge on any atom is -0.342 e. The second-order valence-corrected chi connectivity index (χ2v) is 3.85. The molecule has 1 aliphatic rings. The van der Waals surface area contributed by atoms with Crippen molar-refractivity contribution in [2.75, 3.05) is 11.4 Å². The van der Waals surface area contributed by atoms with Crippen molar-refractivity contribution in [1.29, 1.82) is 5.26 Å². The number of anilines is 1. The fourth-order valence-corrected chi connectivity index (χ4v) is 1.58. The lowest BCUT2D eigenvalue weighted by Crippen LogP contribution is -2.37. The van der Waals surface area contributed by atoms with E-state index in [1.54, 1.807) is 0 Å². The van der Waals surface area contributed by atoms with Crippen LogP contribution in [0.4, 0.5) is 19.0 Å². The summed E-state index contributed by atoms with van der Waals surface area (Å²) in [6.45, 7) is -1.09. The summed E-state index contributed by atoms with van der Waals surface area (Å²) < 4.78 is 37.3. The summed E-state index contributed by atoms with van der Waals surface area (Å²) in [5.74, 6) is 0.0230. The van der Waals surface area contributed by atoms with Crippen molar-refractivity contribution < 1.29 is 13.2 Å². The number of hydrogen-bond acceptors (Lipinski definition) is 4. The molecule has 0 spiro atoms. The van der Waals surface area contributed by atoms with Crippen LogP contribution in [0, 0.1) is 11.3 Å². The zero-order valence-corrected chi connectivity index (χ0v) is 8.78. The molecule has 2 rings (SSSR count). The number of nitriles is 1. The van der Waals surface area contributed by atoms with Crippen molar-refractivity contribution in [1.82, 2.24) is 10.2 Å². The molecule has 0 amide bonds. The quantitative estimate of drug-likeness (QED) is 0.812. The van der Waals surface area contributed by atoms with Crippen LogP contribution >= 0.6 is 0 Å². The van der Waals surface area contributed by atoms with E-state index >= 15 is 0 Å². The normalized spacial score (nSPS) is 15.4. The molecule has 7 heteroatoms. The summed E-state index contributed by atoms with van der Waals surface area (Å²) in [7, 11) is 0. The van der Waals surface area contributed by atoms with Gasteiger partial charge in [-0.3, -0.25) is 0 Å². The Balaban J connectivity index is 2.30. The predicted molar refractivity (Wildman–Crippen MR) is 53.2 cm³/mol. The van der Waals surface area contributed by atoms with Gasteiger partial charge in [0, 0.05) is 6.04 Å². The molecule has 0 aliphatic heterocycles. The minimum absolute atomic E-state index is 0.0230. The molecule has 17 heavy (non-hydrogen) atoms.